The van der Waals surface area contributed by atoms with Crippen molar-refractivity contribution in [2.75, 3.05) is 0 Å². The molecule has 0 unspecified atom stereocenters. The summed E-state index contributed by atoms with van der Waals surface area (Å²) >= 11 is 0. The minimum atomic E-state index is -1.65. The maximum Gasteiger partial charge on any atom is 0.376 e. The van der Waals surface area contributed by atoms with E-state index >= 15 is 0 Å². The molecule has 0 saturated carbocycles. The molecule has 18 heavy (non-hydrogen) atoms. The fourth-order valence-electron chi connectivity index (χ4n) is 1.58. The summed E-state index contributed by atoms with van der Waals surface area (Å²) in [6, 6.07) is 4.46. The summed E-state index contributed by atoms with van der Waals surface area (Å²) in [5, 5.41) is 28.0. The van der Waals surface area contributed by atoms with E-state index in [1.165, 1.54) is 18.3 Å². The number of carbonyl (C=O) groups excluding carboxylic acids is 1. The molecule has 1 aromatic carbocycles. The molecule has 4 N–H and O–H groups in total. The molecule has 2 rings (SSSR count). The molecule has 0 radical (unpaired) electrons. The van der Waals surface area contributed by atoms with E-state index in [0.717, 1.165) is 0 Å². The molecule has 6 nitrogen and oxygen atoms in total. The molecule has 0 aliphatic carbocycles. The molecule has 0 aliphatic rings. The summed E-state index contributed by atoms with van der Waals surface area (Å²) in [7, 11) is 0. The number of aromatic amines is 1. The molecule has 0 saturated heterocycles. The average molecular weight is 247 g/mol. The Kier molecular flexibility index (Phi) is 2.77. The highest BCUT2D eigenvalue weighted by molar-refractivity contribution is 6.38. The van der Waals surface area contributed by atoms with E-state index in [2.05, 4.69) is 4.98 Å². The van der Waals surface area contributed by atoms with Crippen LogP contribution in [0, 0.1) is 0 Å². The number of fused-ring (bicyclic) bond motifs is 1. The van der Waals surface area contributed by atoms with Crippen LogP contribution in [0.2, 0.25) is 0 Å². The van der Waals surface area contributed by atoms with Crippen molar-refractivity contribution < 1.29 is 24.9 Å². The van der Waals surface area contributed by atoms with Gasteiger partial charge in [0.25, 0.3) is 5.78 Å². The predicted octanol–water partition coefficient (Wildman–Crippen LogP) is 1.43. The van der Waals surface area contributed by atoms with Crippen LogP contribution in [0.25, 0.3) is 16.7 Å². The number of H-pyrrole nitrogens is 1. The Bertz CT molecular complexity index is 668. The van der Waals surface area contributed by atoms with Crippen LogP contribution in [-0.2, 0) is 9.59 Å². The topological polar surface area (TPSA) is 111 Å². The van der Waals surface area contributed by atoms with Crippen LogP contribution in [-0.4, -0.2) is 32.1 Å². The van der Waals surface area contributed by atoms with Gasteiger partial charge in [0.1, 0.15) is 11.5 Å². The summed E-state index contributed by atoms with van der Waals surface area (Å²) < 4.78 is 0. The van der Waals surface area contributed by atoms with Crippen LogP contribution in [0.5, 0.6) is 5.75 Å². The van der Waals surface area contributed by atoms with E-state index in [4.69, 9.17) is 5.11 Å². The Hall–Kier alpha value is -2.76. The SMILES string of the molecule is O=C(O)C(=O)/C=C(/O)c1c[nH]c2ccc(O)cc12. The summed E-state index contributed by atoms with van der Waals surface area (Å²) in [5.74, 6) is -3.34. The van der Waals surface area contributed by atoms with Crippen molar-refractivity contribution in [2.45, 2.75) is 0 Å². The van der Waals surface area contributed by atoms with Crippen LogP contribution in [0.3, 0.4) is 0 Å². The number of aliphatic hydroxyl groups is 1. The van der Waals surface area contributed by atoms with Crippen molar-refractivity contribution >= 4 is 28.4 Å². The summed E-state index contributed by atoms with van der Waals surface area (Å²) in [4.78, 5) is 24.2. The summed E-state index contributed by atoms with van der Waals surface area (Å²) in [6.07, 6.45) is 2.04. The van der Waals surface area contributed by atoms with Gasteiger partial charge in [0.15, 0.2) is 0 Å². The van der Waals surface area contributed by atoms with Crippen LogP contribution in [0.1, 0.15) is 5.56 Å². The zero-order valence-electron chi connectivity index (χ0n) is 9.04. The van der Waals surface area contributed by atoms with Gasteiger partial charge in [-0.3, -0.25) is 4.79 Å². The molecule has 92 valence electrons. The minimum Gasteiger partial charge on any atom is -0.508 e. The molecule has 0 spiro atoms. The number of carbonyl (C=O) groups is 2. The van der Waals surface area contributed by atoms with Crippen LogP contribution in [0.15, 0.2) is 30.5 Å². The van der Waals surface area contributed by atoms with Gasteiger partial charge in [0.2, 0.25) is 0 Å². The second kappa shape index (κ2) is 4.25. The monoisotopic (exact) mass is 247 g/mol. The molecule has 0 bridgehead atoms. The molecule has 0 amide bonds. The van der Waals surface area contributed by atoms with Gasteiger partial charge >= 0.3 is 5.97 Å². The Labute approximate surface area is 101 Å². The van der Waals surface area contributed by atoms with Crippen molar-refractivity contribution in [1.82, 2.24) is 4.98 Å². The first-order valence-corrected chi connectivity index (χ1v) is 4.97. The fraction of sp³-hybridized carbons (Fsp3) is 0. The maximum absolute atomic E-state index is 11.0. The number of phenolic OH excluding ortho intramolecular Hbond substituents is 1. The molecule has 6 heteroatoms. The van der Waals surface area contributed by atoms with Crippen LogP contribution < -0.4 is 0 Å². The van der Waals surface area contributed by atoms with Crippen molar-refractivity contribution in [3.8, 4) is 5.75 Å². The lowest BCUT2D eigenvalue weighted by molar-refractivity contribution is -0.146. The lowest BCUT2D eigenvalue weighted by Gasteiger charge is -1.98. The van der Waals surface area contributed by atoms with Gasteiger partial charge in [-0.15, -0.1) is 0 Å². The van der Waals surface area contributed by atoms with Gasteiger partial charge in [-0.05, 0) is 18.2 Å². The van der Waals surface area contributed by atoms with E-state index in [0.29, 0.717) is 17.0 Å². The number of carboxylic acids is 1. The minimum absolute atomic E-state index is 0.000658. The lowest BCUT2D eigenvalue weighted by Crippen LogP contribution is -2.09. The number of phenols is 1. The third kappa shape index (κ3) is 2.03. The fourth-order valence-corrected chi connectivity index (χ4v) is 1.58. The smallest absolute Gasteiger partial charge is 0.376 e. The number of aromatic nitrogens is 1. The molecular weight excluding hydrogens is 238 g/mol. The third-order valence-corrected chi connectivity index (χ3v) is 2.42. The largest absolute Gasteiger partial charge is 0.508 e. The van der Waals surface area contributed by atoms with Crippen molar-refractivity contribution in [1.29, 1.82) is 0 Å². The second-order valence-electron chi connectivity index (χ2n) is 3.63. The quantitative estimate of drug-likeness (QED) is 0.372. The van der Waals surface area contributed by atoms with E-state index in [1.54, 1.807) is 6.07 Å². The first-order valence-electron chi connectivity index (χ1n) is 4.97. The number of hydrogen-bond donors (Lipinski definition) is 4. The number of hydrogen-bond acceptors (Lipinski definition) is 4. The van der Waals surface area contributed by atoms with E-state index in [-0.39, 0.29) is 11.3 Å². The van der Waals surface area contributed by atoms with E-state index < -0.39 is 17.5 Å². The van der Waals surface area contributed by atoms with Crippen LogP contribution >= 0.6 is 0 Å². The Morgan fingerprint density at radius 2 is 1.94 bits per heavy atom. The van der Waals surface area contributed by atoms with E-state index in [9.17, 15) is 19.8 Å². The standard InChI is InChI=1S/C12H9NO5/c14-6-1-2-9-7(3-6)8(5-13-9)10(15)4-11(16)12(17)18/h1-5,13-15H,(H,17,18)/b10-4+. The number of ketones is 1. The Morgan fingerprint density at radius 1 is 1.22 bits per heavy atom. The lowest BCUT2D eigenvalue weighted by atomic mass is 10.1. The summed E-state index contributed by atoms with van der Waals surface area (Å²) in [5.41, 5.74) is 0.890. The molecular formula is C12H9NO5. The predicted molar refractivity (Wildman–Crippen MR) is 63.2 cm³/mol. The van der Waals surface area contributed by atoms with Crippen molar-refractivity contribution in [3.05, 3.63) is 36.0 Å². The van der Waals surface area contributed by atoms with Gasteiger partial charge in [-0.25, -0.2) is 4.79 Å². The number of aromatic hydroxyl groups is 1. The Morgan fingerprint density at radius 3 is 2.61 bits per heavy atom. The number of carboxylic acid groups (broad SMARTS) is 1. The average Bonchev–Trinajstić information content (AvgIpc) is 2.71. The van der Waals surface area contributed by atoms with Crippen molar-refractivity contribution in [3.63, 3.8) is 0 Å². The number of aliphatic hydroxyl groups excluding tert-OH is 1. The molecule has 2 aromatic rings. The van der Waals surface area contributed by atoms with E-state index in [1.807, 2.05) is 0 Å². The van der Waals surface area contributed by atoms with Gasteiger partial charge in [-0.2, -0.15) is 0 Å². The Balaban J connectivity index is 2.51. The van der Waals surface area contributed by atoms with Gasteiger partial charge in [-0.1, -0.05) is 0 Å². The molecule has 0 aliphatic heterocycles. The summed E-state index contributed by atoms with van der Waals surface area (Å²) in [6.45, 7) is 0. The highest BCUT2D eigenvalue weighted by Gasteiger charge is 2.13. The first-order chi connectivity index (χ1) is 8.49. The molecule has 0 fully saturated rings. The van der Waals surface area contributed by atoms with Gasteiger partial charge in [0, 0.05) is 28.7 Å². The zero-order chi connectivity index (χ0) is 13.3. The number of rotatable bonds is 3. The number of nitrogens with one attached hydrogen (secondary N) is 1. The highest BCUT2D eigenvalue weighted by atomic mass is 16.4. The maximum atomic E-state index is 11.0. The molecule has 1 aromatic heterocycles. The number of benzene rings is 1. The highest BCUT2D eigenvalue weighted by Crippen LogP contribution is 2.26. The van der Waals surface area contributed by atoms with Gasteiger partial charge in [0.05, 0.1) is 0 Å². The third-order valence-electron chi connectivity index (χ3n) is 2.42. The zero-order valence-corrected chi connectivity index (χ0v) is 9.04. The second-order valence-corrected chi connectivity index (χ2v) is 3.63. The molecule has 0 atom stereocenters. The molecule has 1 heterocycles. The van der Waals surface area contributed by atoms with Crippen LogP contribution in [0.4, 0.5) is 0 Å². The first kappa shape index (κ1) is 11.7. The van der Waals surface area contributed by atoms with Gasteiger partial charge < -0.3 is 20.3 Å². The number of aliphatic carboxylic acids is 1. The normalized spacial score (nSPS) is 11.7. The van der Waals surface area contributed by atoms with Crippen molar-refractivity contribution in [2.24, 2.45) is 0 Å².